The van der Waals surface area contributed by atoms with Crippen LogP contribution in [0.2, 0.25) is 0 Å². The van der Waals surface area contributed by atoms with Crippen molar-refractivity contribution in [3.8, 4) is 0 Å². The molecular weight excluding hydrogens is 277 g/mol. The van der Waals surface area contributed by atoms with Gasteiger partial charge in [-0.05, 0) is 18.2 Å². The summed E-state index contributed by atoms with van der Waals surface area (Å²) in [6, 6.07) is 3.55. The van der Waals surface area contributed by atoms with E-state index in [1.165, 1.54) is 24.3 Å². The number of rotatable bonds is 4. The van der Waals surface area contributed by atoms with Crippen LogP contribution in [0.3, 0.4) is 0 Å². The first-order chi connectivity index (χ1) is 9.97. The molecule has 6 nitrogen and oxygen atoms in total. The normalized spacial score (nSPS) is 10.8. The van der Waals surface area contributed by atoms with Crippen LogP contribution in [0.5, 0.6) is 0 Å². The van der Waals surface area contributed by atoms with Crippen LogP contribution in [0.25, 0.3) is 6.08 Å². The van der Waals surface area contributed by atoms with Gasteiger partial charge < -0.3 is 10.4 Å². The molecule has 0 spiro atoms. The van der Waals surface area contributed by atoms with Crippen molar-refractivity contribution in [3.05, 3.63) is 53.6 Å². The highest BCUT2D eigenvalue weighted by molar-refractivity contribution is 6.06. The molecule has 108 valence electrons. The van der Waals surface area contributed by atoms with Crippen LogP contribution in [0.1, 0.15) is 15.9 Å². The molecule has 0 fully saturated rings. The predicted octanol–water partition coefficient (Wildman–Crippen LogP) is 1.91. The zero-order valence-corrected chi connectivity index (χ0v) is 11.1. The maximum atomic E-state index is 13.6. The maximum Gasteiger partial charge on any atom is 0.337 e. The molecule has 0 atom stereocenters. The van der Waals surface area contributed by atoms with Gasteiger partial charge in [-0.3, -0.25) is 9.48 Å². The number of hydrogen-bond donors (Lipinski definition) is 2. The molecule has 0 aliphatic carbocycles. The summed E-state index contributed by atoms with van der Waals surface area (Å²) in [5.41, 5.74) is 0.0311. The van der Waals surface area contributed by atoms with Crippen molar-refractivity contribution < 1.29 is 19.1 Å². The number of carbonyl (C=O) groups excluding carboxylic acids is 1. The number of halogens is 1. The minimum Gasteiger partial charge on any atom is -0.478 e. The van der Waals surface area contributed by atoms with Crippen molar-refractivity contribution in [2.75, 3.05) is 5.32 Å². The topological polar surface area (TPSA) is 84.2 Å². The molecule has 1 heterocycles. The summed E-state index contributed by atoms with van der Waals surface area (Å²) in [6.07, 6.45) is 5.91. The molecule has 1 amide bonds. The first-order valence-electron chi connectivity index (χ1n) is 5.97. The molecule has 0 unspecified atom stereocenters. The molecule has 21 heavy (non-hydrogen) atoms. The van der Waals surface area contributed by atoms with Crippen LogP contribution in [0.4, 0.5) is 10.1 Å². The average Bonchev–Trinajstić information content (AvgIpc) is 2.84. The van der Waals surface area contributed by atoms with Crippen LogP contribution in [-0.2, 0) is 11.8 Å². The number of aryl methyl sites for hydroxylation is 1. The van der Waals surface area contributed by atoms with E-state index in [9.17, 15) is 14.0 Å². The van der Waals surface area contributed by atoms with E-state index >= 15 is 0 Å². The number of hydrogen-bond acceptors (Lipinski definition) is 3. The molecule has 0 saturated carbocycles. The van der Waals surface area contributed by atoms with Crippen LogP contribution in [0.15, 0.2) is 36.7 Å². The van der Waals surface area contributed by atoms with Gasteiger partial charge in [0.2, 0.25) is 5.91 Å². The van der Waals surface area contributed by atoms with Crippen molar-refractivity contribution >= 4 is 23.6 Å². The molecular formula is C14H12FN3O3. The molecule has 2 N–H and O–H groups in total. The number of carbonyl (C=O) groups is 2. The first-order valence-corrected chi connectivity index (χ1v) is 5.97. The summed E-state index contributed by atoms with van der Waals surface area (Å²) in [5.74, 6) is -2.76. The van der Waals surface area contributed by atoms with Crippen molar-refractivity contribution in [2.24, 2.45) is 7.05 Å². The molecule has 0 bridgehead atoms. The van der Waals surface area contributed by atoms with Gasteiger partial charge in [-0.25, -0.2) is 9.18 Å². The lowest BCUT2D eigenvalue weighted by Crippen LogP contribution is -2.13. The molecule has 1 aromatic heterocycles. The van der Waals surface area contributed by atoms with Gasteiger partial charge in [-0.1, -0.05) is 6.07 Å². The zero-order valence-electron chi connectivity index (χ0n) is 11.1. The third kappa shape index (κ3) is 3.53. The SMILES string of the molecule is Cn1cc(/C=C/C(=O)Nc2c(F)cccc2C(=O)O)cn1. The van der Waals surface area contributed by atoms with Gasteiger partial charge in [-0.15, -0.1) is 0 Å². The van der Waals surface area contributed by atoms with E-state index in [1.54, 1.807) is 24.1 Å². The maximum absolute atomic E-state index is 13.6. The average molecular weight is 289 g/mol. The van der Waals surface area contributed by atoms with E-state index in [0.717, 1.165) is 6.07 Å². The fraction of sp³-hybridized carbons (Fsp3) is 0.0714. The first kappa shape index (κ1) is 14.4. The Morgan fingerprint density at radius 2 is 2.19 bits per heavy atom. The second-order valence-corrected chi connectivity index (χ2v) is 4.24. The number of benzene rings is 1. The van der Waals surface area contributed by atoms with Gasteiger partial charge in [-0.2, -0.15) is 5.10 Å². The van der Waals surface area contributed by atoms with E-state index in [0.29, 0.717) is 5.56 Å². The molecule has 2 aromatic rings. The van der Waals surface area contributed by atoms with Crippen LogP contribution in [0, 0.1) is 5.82 Å². The van der Waals surface area contributed by atoms with E-state index in [2.05, 4.69) is 10.4 Å². The lowest BCUT2D eigenvalue weighted by atomic mass is 10.1. The Morgan fingerprint density at radius 1 is 1.43 bits per heavy atom. The number of aromatic carboxylic acids is 1. The summed E-state index contributed by atoms with van der Waals surface area (Å²) in [6.45, 7) is 0. The molecule has 2 rings (SSSR count). The van der Waals surface area contributed by atoms with Gasteiger partial charge in [0.25, 0.3) is 0 Å². The largest absolute Gasteiger partial charge is 0.478 e. The van der Waals surface area contributed by atoms with Crippen molar-refractivity contribution in [1.29, 1.82) is 0 Å². The Hall–Kier alpha value is -2.96. The molecule has 0 aliphatic rings. The monoisotopic (exact) mass is 289 g/mol. The van der Waals surface area contributed by atoms with Gasteiger partial charge in [0, 0.05) is 24.9 Å². The van der Waals surface area contributed by atoms with Gasteiger partial charge in [0.05, 0.1) is 17.4 Å². The summed E-state index contributed by atoms with van der Waals surface area (Å²) < 4.78 is 15.2. The number of carboxylic acid groups (broad SMARTS) is 1. The number of nitrogens with one attached hydrogen (secondary N) is 1. The zero-order chi connectivity index (χ0) is 15.4. The lowest BCUT2D eigenvalue weighted by Gasteiger charge is -2.07. The summed E-state index contributed by atoms with van der Waals surface area (Å²) in [5, 5.41) is 15.1. The number of nitrogens with zero attached hydrogens (tertiary/aromatic N) is 2. The Morgan fingerprint density at radius 3 is 2.81 bits per heavy atom. The number of anilines is 1. The second-order valence-electron chi connectivity index (χ2n) is 4.24. The van der Waals surface area contributed by atoms with Gasteiger partial charge in [0.15, 0.2) is 0 Å². The summed E-state index contributed by atoms with van der Waals surface area (Å²) >= 11 is 0. The van der Waals surface area contributed by atoms with Crippen LogP contribution < -0.4 is 5.32 Å². The number of aromatic nitrogens is 2. The van der Waals surface area contributed by atoms with E-state index < -0.39 is 17.7 Å². The Bertz CT molecular complexity index is 722. The smallest absolute Gasteiger partial charge is 0.337 e. The fourth-order valence-electron chi connectivity index (χ4n) is 1.69. The van der Waals surface area contributed by atoms with E-state index in [4.69, 9.17) is 5.11 Å². The quantitative estimate of drug-likeness (QED) is 0.842. The highest BCUT2D eigenvalue weighted by Crippen LogP contribution is 2.19. The molecule has 0 saturated heterocycles. The molecule has 7 heteroatoms. The minimum absolute atomic E-state index is 0.307. The van der Waals surface area contributed by atoms with Gasteiger partial charge in [0.1, 0.15) is 5.82 Å². The van der Waals surface area contributed by atoms with Crippen molar-refractivity contribution in [1.82, 2.24) is 9.78 Å². The Balaban J connectivity index is 2.16. The van der Waals surface area contributed by atoms with Crippen LogP contribution in [-0.4, -0.2) is 26.8 Å². The Labute approximate surface area is 119 Å². The minimum atomic E-state index is -1.32. The van der Waals surface area contributed by atoms with Gasteiger partial charge >= 0.3 is 5.97 Å². The number of para-hydroxylation sites is 1. The summed E-state index contributed by atoms with van der Waals surface area (Å²) in [4.78, 5) is 22.7. The van der Waals surface area contributed by atoms with E-state index in [1.807, 2.05) is 0 Å². The lowest BCUT2D eigenvalue weighted by molar-refractivity contribution is -0.111. The van der Waals surface area contributed by atoms with Crippen molar-refractivity contribution in [2.45, 2.75) is 0 Å². The molecule has 1 aromatic carbocycles. The third-order valence-corrected chi connectivity index (χ3v) is 2.64. The third-order valence-electron chi connectivity index (χ3n) is 2.64. The standard InChI is InChI=1S/C14H12FN3O3/c1-18-8-9(7-16-18)5-6-12(19)17-13-10(14(20)21)3-2-4-11(13)15/h2-8H,1H3,(H,17,19)(H,20,21)/b6-5+. The summed E-state index contributed by atoms with van der Waals surface area (Å²) in [7, 11) is 1.73. The van der Waals surface area contributed by atoms with E-state index in [-0.39, 0.29) is 11.3 Å². The second kappa shape index (κ2) is 6.00. The number of amides is 1. The predicted molar refractivity (Wildman–Crippen MR) is 74.2 cm³/mol. The highest BCUT2D eigenvalue weighted by atomic mass is 19.1. The fourth-order valence-corrected chi connectivity index (χ4v) is 1.69. The highest BCUT2D eigenvalue weighted by Gasteiger charge is 2.15. The van der Waals surface area contributed by atoms with Crippen molar-refractivity contribution in [3.63, 3.8) is 0 Å². The molecule has 0 aliphatic heterocycles. The van der Waals surface area contributed by atoms with Crippen LogP contribution >= 0.6 is 0 Å². The molecule has 0 radical (unpaired) electrons. The Kier molecular flexibility index (Phi) is 4.13. The number of carboxylic acids is 1.